The maximum atomic E-state index is 5.75. The Labute approximate surface area is 159 Å². The van der Waals surface area contributed by atoms with E-state index in [1.807, 2.05) is 35.9 Å². The highest BCUT2D eigenvalue weighted by molar-refractivity contribution is 7.14. The van der Waals surface area contributed by atoms with Crippen LogP contribution >= 0.6 is 22.7 Å². The van der Waals surface area contributed by atoms with Gasteiger partial charge in [0, 0.05) is 29.5 Å². The van der Waals surface area contributed by atoms with Gasteiger partial charge in [0.15, 0.2) is 11.1 Å². The van der Waals surface area contributed by atoms with Crippen LogP contribution in [0.3, 0.4) is 0 Å². The van der Waals surface area contributed by atoms with Crippen LogP contribution in [0.15, 0.2) is 34.0 Å². The molecule has 0 atom stereocenters. The summed E-state index contributed by atoms with van der Waals surface area (Å²) in [6, 6.07) is 5.89. The van der Waals surface area contributed by atoms with E-state index in [1.54, 1.807) is 0 Å². The standard InChI is InChI=1S/C17H18N6OS2/c1-11-4-2-5-12(20-11)8-24-17-22-14(10-26-17)13-9-25-16(21-13)23-15-18-6-3-7-19-15/h2,4-5,9-10H,3,6-8H2,1H3,(H2,18,19,21,23). The molecular formula is C17H18N6OS2. The average Bonchev–Trinajstić information content (AvgIpc) is 3.30. The molecule has 0 aliphatic carbocycles. The van der Waals surface area contributed by atoms with E-state index in [9.17, 15) is 0 Å². The summed E-state index contributed by atoms with van der Waals surface area (Å²) < 4.78 is 5.75. The van der Waals surface area contributed by atoms with Crippen molar-refractivity contribution in [1.82, 2.24) is 20.3 Å². The highest BCUT2D eigenvalue weighted by Crippen LogP contribution is 2.29. The van der Waals surface area contributed by atoms with E-state index in [0.29, 0.717) is 11.8 Å². The first-order chi connectivity index (χ1) is 12.8. The number of pyridine rings is 1. The lowest BCUT2D eigenvalue weighted by Crippen LogP contribution is -2.35. The number of guanidine groups is 1. The summed E-state index contributed by atoms with van der Waals surface area (Å²) in [5.41, 5.74) is 3.51. The molecule has 7 nitrogen and oxygen atoms in total. The Kier molecular flexibility index (Phi) is 5.07. The molecule has 26 heavy (non-hydrogen) atoms. The fourth-order valence-electron chi connectivity index (χ4n) is 2.42. The van der Waals surface area contributed by atoms with Crippen LogP contribution in [0.25, 0.3) is 11.4 Å². The number of hydrogen-bond donors (Lipinski definition) is 2. The zero-order valence-electron chi connectivity index (χ0n) is 14.2. The van der Waals surface area contributed by atoms with Crippen LogP contribution in [0.1, 0.15) is 17.8 Å². The number of hydrogen-bond acceptors (Lipinski definition) is 9. The van der Waals surface area contributed by atoms with Crippen molar-refractivity contribution in [3.8, 4) is 16.6 Å². The average molecular weight is 387 g/mol. The Hall–Kier alpha value is -2.52. The predicted octanol–water partition coefficient (Wildman–Crippen LogP) is 3.31. The van der Waals surface area contributed by atoms with Gasteiger partial charge in [0.25, 0.3) is 5.19 Å². The van der Waals surface area contributed by atoms with Crippen molar-refractivity contribution < 1.29 is 4.74 Å². The second-order valence-corrected chi connectivity index (χ2v) is 7.41. The fraction of sp³-hybridized carbons (Fsp3) is 0.294. The van der Waals surface area contributed by atoms with Crippen LogP contribution in [-0.4, -0.2) is 34.0 Å². The van der Waals surface area contributed by atoms with E-state index in [0.717, 1.165) is 53.4 Å². The SMILES string of the molecule is Cc1cccc(COc2nc(-c3csc(NC4=NCCCN4)n3)cs2)n1. The van der Waals surface area contributed by atoms with Crippen molar-refractivity contribution in [2.45, 2.75) is 20.0 Å². The predicted molar refractivity (Wildman–Crippen MR) is 105 cm³/mol. The molecule has 134 valence electrons. The van der Waals surface area contributed by atoms with E-state index >= 15 is 0 Å². The molecule has 9 heteroatoms. The Morgan fingerprint density at radius 2 is 2.04 bits per heavy atom. The zero-order valence-corrected chi connectivity index (χ0v) is 15.9. The number of thiazole rings is 2. The first kappa shape index (κ1) is 16.9. The second kappa shape index (κ2) is 7.79. The first-order valence-electron chi connectivity index (χ1n) is 8.28. The molecule has 0 saturated carbocycles. The number of aliphatic imine (C=N–C) groups is 1. The maximum absolute atomic E-state index is 5.75. The Morgan fingerprint density at radius 3 is 2.88 bits per heavy atom. The van der Waals surface area contributed by atoms with Crippen LogP contribution in [0.5, 0.6) is 5.19 Å². The molecule has 3 aromatic rings. The third-order valence-electron chi connectivity index (χ3n) is 3.66. The summed E-state index contributed by atoms with van der Waals surface area (Å²) in [7, 11) is 0. The Balaban J connectivity index is 1.39. The number of ether oxygens (including phenoxy) is 1. The monoisotopic (exact) mass is 386 g/mol. The highest BCUT2D eigenvalue weighted by Gasteiger charge is 2.12. The molecule has 2 N–H and O–H groups in total. The van der Waals surface area contributed by atoms with Gasteiger partial charge in [0.2, 0.25) is 0 Å². The minimum atomic E-state index is 0.407. The molecule has 0 fully saturated rings. The van der Waals surface area contributed by atoms with Crippen molar-refractivity contribution >= 4 is 33.8 Å². The van der Waals surface area contributed by atoms with E-state index in [-0.39, 0.29) is 0 Å². The summed E-state index contributed by atoms with van der Waals surface area (Å²) in [6.07, 6.45) is 1.06. The lowest BCUT2D eigenvalue weighted by molar-refractivity contribution is 0.299. The number of nitrogens with one attached hydrogen (secondary N) is 2. The smallest absolute Gasteiger partial charge is 0.274 e. The normalized spacial score (nSPS) is 13.8. The van der Waals surface area contributed by atoms with Gasteiger partial charge in [-0.1, -0.05) is 17.4 Å². The molecule has 0 unspecified atom stereocenters. The molecule has 4 heterocycles. The fourth-order valence-corrected chi connectivity index (χ4v) is 3.79. The van der Waals surface area contributed by atoms with Crippen LogP contribution in [0.4, 0.5) is 5.13 Å². The first-order valence-corrected chi connectivity index (χ1v) is 10.0. The summed E-state index contributed by atoms with van der Waals surface area (Å²) in [6.45, 7) is 4.15. The van der Waals surface area contributed by atoms with Crippen LogP contribution < -0.4 is 15.4 Å². The number of aryl methyl sites for hydroxylation is 1. The van der Waals surface area contributed by atoms with Gasteiger partial charge in [-0.3, -0.25) is 9.98 Å². The second-order valence-electron chi connectivity index (χ2n) is 5.73. The number of anilines is 1. The molecule has 0 amide bonds. The maximum Gasteiger partial charge on any atom is 0.274 e. The van der Waals surface area contributed by atoms with Crippen molar-refractivity contribution in [2.75, 3.05) is 18.4 Å². The molecule has 0 radical (unpaired) electrons. The molecule has 3 aromatic heterocycles. The molecule has 0 saturated heterocycles. The largest absolute Gasteiger partial charge is 0.464 e. The number of rotatable bonds is 5. The minimum Gasteiger partial charge on any atom is -0.464 e. The van der Waals surface area contributed by atoms with Gasteiger partial charge < -0.3 is 15.4 Å². The molecule has 0 aromatic carbocycles. The van der Waals surface area contributed by atoms with E-state index in [2.05, 4.69) is 30.6 Å². The zero-order chi connectivity index (χ0) is 17.8. The van der Waals surface area contributed by atoms with Crippen molar-refractivity contribution in [1.29, 1.82) is 0 Å². The third kappa shape index (κ3) is 4.17. The summed E-state index contributed by atoms with van der Waals surface area (Å²) in [5.74, 6) is 0.783. The van der Waals surface area contributed by atoms with Crippen molar-refractivity contribution in [2.24, 2.45) is 4.99 Å². The molecule has 1 aliphatic rings. The van der Waals surface area contributed by atoms with Crippen molar-refractivity contribution in [3.05, 3.63) is 40.3 Å². The number of nitrogens with zero attached hydrogens (tertiary/aromatic N) is 4. The van der Waals surface area contributed by atoms with Gasteiger partial charge in [-0.05, 0) is 25.5 Å². The Morgan fingerprint density at radius 1 is 1.15 bits per heavy atom. The molecule has 4 rings (SSSR count). The topological polar surface area (TPSA) is 84.3 Å². The van der Waals surface area contributed by atoms with Crippen LogP contribution in [0, 0.1) is 6.92 Å². The number of aromatic nitrogens is 3. The molecule has 0 bridgehead atoms. The Bertz CT molecular complexity index is 919. The highest BCUT2D eigenvalue weighted by atomic mass is 32.1. The van der Waals surface area contributed by atoms with Gasteiger partial charge >= 0.3 is 0 Å². The lowest BCUT2D eigenvalue weighted by Gasteiger charge is -2.13. The lowest BCUT2D eigenvalue weighted by atomic mass is 10.3. The van der Waals surface area contributed by atoms with E-state index < -0.39 is 0 Å². The van der Waals surface area contributed by atoms with E-state index in [4.69, 9.17) is 4.74 Å². The minimum absolute atomic E-state index is 0.407. The van der Waals surface area contributed by atoms with Crippen LogP contribution in [0.2, 0.25) is 0 Å². The summed E-state index contributed by atoms with van der Waals surface area (Å²) >= 11 is 2.99. The van der Waals surface area contributed by atoms with Gasteiger partial charge in [0.1, 0.15) is 18.0 Å². The van der Waals surface area contributed by atoms with Gasteiger partial charge in [-0.15, -0.1) is 11.3 Å². The molecular weight excluding hydrogens is 368 g/mol. The van der Waals surface area contributed by atoms with E-state index in [1.165, 1.54) is 22.7 Å². The summed E-state index contributed by atoms with van der Waals surface area (Å²) in [5, 5.41) is 11.8. The quantitative estimate of drug-likeness (QED) is 0.700. The molecule has 1 aliphatic heterocycles. The van der Waals surface area contributed by atoms with Crippen LogP contribution in [-0.2, 0) is 6.61 Å². The van der Waals surface area contributed by atoms with Gasteiger partial charge in [0.05, 0.1) is 5.69 Å². The molecule has 0 spiro atoms. The van der Waals surface area contributed by atoms with Gasteiger partial charge in [-0.2, -0.15) is 0 Å². The third-order valence-corrected chi connectivity index (χ3v) is 5.17. The summed E-state index contributed by atoms with van der Waals surface area (Å²) in [4.78, 5) is 17.9. The van der Waals surface area contributed by atoms with Gasteiger partial charge in [-0.25, -0.2) is 9.97 Å². The van der Waals surface area contributed by atoms with Crippen molar-refractivity contribution in [3.63, 3.8) is 0 Å².